The van der Waals surface area contributed by atoms with Gasteiger partial charge in [0, 0.05) is 0 Å². The average molecular weight is 158 g/mol. The maximum Gasteiger partial charge on any atom is 0.105 e. The minimum absolute atomic E-state index is 0.168. The van der Waals surface area contributed by atoms with E-state index in [9.17, 15) is 0 Å². The Morgan fingerprint density at radius 2 is 2.18 bits per heavy atom. The summed E-state index contributed by atoms with van der Waals surface area (Å²) in [4.78, 5) is 0. The first-order valence-electron chi connectivity index (χ1n) is 4.51. The zero-order chi connectivity index (χ0) is 8.53. The van der Waals surface area contributed by atoms with Crippen molar-refractivity contribution >= 4 is 0 Å². The minimum Gasteiger partial charge on any atom is -0.358 e. The Morgan fingerprint density at radius 3 is 2.73 bits per heavy atom. The van der Waals surface area contributed by atoms with E-state index in [0.29, 0.717) is 0 Å². The van der Waals surface area contributed by atoms with E-state index in [0.717, 1.165) is 13.0 Å². The summed E-state index contributed by atoms with van der Waals surface area (Å²) in [5, 5.41) is 3.26. The Morgan fingerprint density at radius 1 is 1.45 bits per heavy atom. The maximum atomic E-state index is 5.30. The lowest BCUT2D eigenvalue weighted by Crippen LogP contribution is -2.28. The number of rotatable bonds is 7. The predicted octanol–water partition coefficient (Wildman–Crippen LogP) is 2.31. The molecule has 0 spiro atoms. The SMILES string of the molecule is CC[CH]OC(C)NCCCC. The molecule has 0 saturated carbocycles. The summed E-state index contributed by atoms with van der Waals surface area (Å²) in [6, 6.07) is 0. The molecule has 0 saturated heterocycles. The molecule has 0 aromatic rings. The molecule has 0 fully saturated rings. The van der Waals surface area contributed by atoms with E-state index in [4.69, 9.17) is 4.74 Å². The molecule has 67 valence electrons. The van der Waals surface area contributed by atoms with Crippen molar-refractivity contribution in [1.29, 1.82) is 0 Å². The largest absolute Gasteiger partial charge is 0.358 e. The van der Waals surface area contributed by atoms with Crippen molar-refractivity contribution in [2.24, 2.45) is 0 Å². The first kappa shape index (κ1) is 10.9. The van der Waals surface area contributed by atoms with Crippen molar-refractivity contribution in [2.75, 3.05) is 6.54 Å². The van der Waals surface area contributed by atoms with E-state index in [1.807, 2.05) is 13.5 Å². The van der Waals surface area contributed by atoms with Crippen molar-refractivity contribution in [3.63, 3.8) is 0 Å². The number of hydrogen-bond donors (Lipinski definition) is 1. The summed E-state index contributed by atoms with van der Waals surface area (Å²) in [5.41, 5.74) is 0. The lowest BCUT2D eigenvalue weighted by Gasteiger charge is -2.13. The summed E-state index contributed by atoms with van der Waals surface area (Å²) in [5.74, 6) is 0. The van der Waals surface area contributed by atoms with Crippen LogP contribution in [-0.2, 0) is 4.74 Å². The fourth-order valence-electron chi connectivity index (χ4n) is 0.771. The fraction of sp³-hybridized carbons (Fsp3) is 0.889. The van der Waals surface area contributed by atoms with E-state index in [2.05, 4.69) is 19.2 Å². The normalized spacial score (nSPS) is 13.4. The lowest BCUT2D eigenvalue weighted by molar-refractivity contribution is 0.0888. The van der Waals surface area contributed by atoms with Crippen molar-refractivity contribution in [1.82, 2.24) is 5.32 Å². The van der Waals surface area contributed by atoms with Crippen LogP contribution < -0.4 is 5.32 Å². The van der Waals surface area contributed by atoms with Crippen LogP contribution >= 0.6 is 0 Å². The molecular formula is C9H20NO. The van der Waals surface area contributed by atoms with Crippen molar-refractivity contribution in [3.05, 3.63) is 6.61 Å². The highest BCUT2D eigenvalue weighted by Gasteiger charge is 1.97. The van der Waals surface area contributed by atoms with Crippen LogP contribution in [0.5, 0.6) is 0 Å². The molecular weight excluding hydrogens is 138 g/mol. The third kappa shape index (κ3) is 7.82. The first-order chi connectivity index (χ1) is 5.31. The molecule has 1 N–H and O–H groups in total. The van der Waals surface area contributed by atoms with Gasteiger partial charge in [0.2, 0.25) is 0 Å². The van der Waals surface area contributed by atoms with E-state index in [-0.39, 0.29) is 6.23 Å². The molecule has 0 aliphatic rings. The van der Waals surface area contributed by atoms with Crippen molar-refractivity contribution < 1.29 is 4.74 Å². The standard InChI is InChI=1S/C9H20NO/c1-4-6-7-10-9(3)11-8-5-2/h8-10H,4-7H2,1-3H3. The van der Waals surface area contributed by atoms with Crippen LogP contribution in [0.4, 0.5) is 0 Å². The molecule has 2 heteroatoms. The number of hydrogen-bond acceptors (Lipinski definition) is 2. The second-order valence-electron chi connectivity index (χ2n) is 2.66. The third-order valence-electron chi connectivity index (χ3n) is 1.43. The maximum absolute atomic E-state index is 5.30. The second-order valence-corrected chi connectivity index (χ2v) is 2.66. The van der Waals surface area contributed by atoms with Gasteiger partial charge in [0.1, 0.15) is 6.23 Å². The van der Waals surface area contributed by atoms with Gasteiger partial charge in [-0.05, 0) is 26.3 Å². The molecule has 0 aliphatic carbocycles. The number of ether oxygens (including phenoxy) is 1. The van der Waals surface area contributed by atoms with E-state index in [1.54, 1.807) is 0 Å². The van der Waals surface area contributed by atoms with Gasteiger partial charge in [-0.25, -0.2) is 0 Å². The molecule has 0 aromatic carbocycles. The van der Waals surface area contributed by atoms with Gasteiger partial charge in [0.25, 0.3) is 0 Å². The van der Waals surface area contributed by atoms with Gasteiger partial charge in [-0.3, -0.25) is 5.32 Å². The van der Waals surface area contributed by atoms with Crippen LogP contribution in [0.15, 0.2) is 0 Å². The fourth-order valence-corrected chi connectivity index (χ4v) is 0.771. The summed E-state index contributed by atoms with van der Waals surface area (Å²) >= 11 is 0. The number of unbranched alkanes of at least 4 members (excludes halogenated alkanes) is 1. The van der Waals surface area contributed by atoms with Crippen molar-refractivity contribution in [2.45, 2.75) is 46.3 Å². The molecule has 0 bridgehead atoms. The Balaban J connectivity index is 3.02. The molecule has 0 aromatic heterocycles. The Bertz CT molecular complexity index is 76.0. The topological polar surface area (TPSA) is 21.3 Å². The molecule has 1 unspecified atom stereocenters. The summed E-state index contributed by atoms with van der Waals surface area (Å²) in [7, 11) is 0. The molecule has 0 aliphatic heterocycles. The average Bonchev–Trinajstić information content (AvgIpc) is 2.01. The summed E-state index contributed by atoms with van der Waals surface area (Å²) < 4.78 is 5.30. The summed E-state index contributed by atoms with van der Waals surface area (Å²) in [6.07, 6.45) is 3.60. The molecule has 0 amide bonds. The Labute approximate surface area is 70.3 Å². The zero-order valence-electron chi connectivity index (χ0n) is 7.89. The lowest BCUT2D eigenvalue weighted by atomic mass is 10.3. The van der Waals surface area contributed by atoms with E-state index >= 15 is 0 Å². The van der Waals surface area contributed by atoms with E-state index < -0.39 is 0 Å². The smallest absolute Gasteiger partial charge is 0.105 e. The van der Waals surface area contributed by atoms with Crippen molar-refractivity contribution in [3.8, 4) is 0 Å². The minimum atomic E-state index is 0.168. The highest BCUT2D eigenvalue weighted by molar-refractivity contribution is 4.52. The molecule has 0 rings (SSSR count). The van der Waals surface area contributed by atoms with Gasteiger partial charge in [0.15, 0.2) is 0 Å². The van der Waals surface area contributed by atoms with Gasteiger partial charge in [-0.2, -0.15) is 0 Å². The van der Waals surface area contributed by atoms with Crippen LogP contribution in [-0.4, -0.2) is 12.8 Å². The second kappa shape index (κ2) is 8.02. The van der Waals surface area contributed by atoms with Crippen LogP contribution in [0.3, 0.4) is 0 Å². The van der Waals surface area contributed by atoms with Gasteiger partial charge in [-0.1, -0.05) is 20.3 Å². The molecule has 11 heavy (non-hydrogen) atoms. The molecule has 0 heterocycles. The number of nitrogens with one attached hydrogen (secondary N) is 1. The Kier molecular flexibility index (Phi) is 7.96. The van der Waals surface area contributed by atoms with Gasteiger partial charge >= 0.3 is 0 Å². The highest BCUT2D eigenvalue weighted by Crippen LogP contribution is 1.93. The van der Waals surface area contributed by atoms with Gasteiger partial charge in [0.05, 0.1) is 6.61 Å². The molecule has 1 atom stereocenters. The third-order valence-corrected chi connectivity index (χ3v) is 1.43. The van der Waals surface area contributed by atoms with Gasteiger partial charge in [-0.15, -0.1) is 0 Å². The van der Waals surface area contributed by atoms with Crippen LogP contribution in [0.25, 0.3) is 0 Å². The van der Waals surface area contributed by atoms with Crippen LogP contribution in [0.1, 0.15) is 40.0 Å². The first-order valence-corrected chi connectivity index (χ1v) is 4.51. The summed E-state index contributed by atoms with van der Waals surface area (Å²) in [6.45, 7) is 9.17. The predicted molar refractivity (Wildman–Crippen MR) is 48.0 cm³/mol. The van der Waals surface area contributed by atoms with Crippen LogP contribution in [0.2, 0.25) is 0 Å². The quantitative estimate of drug-likeness (QED) is 0.453. The van der Waals surface area contributed by atoms with Gasteiger partial charge < -0.3 is 4.74 Å². The molecule has 2 nitrogen and oxygen atoms in total. The molecule has 1 radical (unpaired) electrons. The highest BCUT2D eigenvalue weighted by atomic mass is 16.5. The Hall–Kier alpha value is -0.0800. The van der Waals surface area contributed by atoms with E-state index in [1.165, 1.54) is 12.8 Å². The van der Waals surface area contributed by atoms with Crippen LogP contribution in [0, 0.1) is 6.61 Å². The monoisotopic (exact) mass is 158 g/mol. The zero-order valence-corrected chi connectivity index (χ0v) is 7.89.